The first-order valence-corrected chi connectivity index (χ1v) is 6.84. The Labute approximate surface area is 113 Å². The first-order valence-electron chi connectivity index (χ1n) is 6.84. The molecular weight excluding hydrogens is 236 g/mol. The minimum Gasteiger partial charge on any atom is -0.504 e. The number of rotatable bonds is 4. The molecule has 0 saturated heterocycles. The molecule has 0 spiro atoms. The number of hydrogen-bond donors (Lipinski definition) is 2. The Hall–Kier alpha value is -1.96. The molecular formula is C17H18O2. The van der Waals surface area contributed by atoms with Crippen LogP contribution in [0.3, 0.4) is 0 Å². The number of fused-ring (bicyclic) bond motifs is 1. The second-order valence-corrected chi connectivity index (χ2v) is 5.24. The second kappa shape index (κ2) is 4.96. The van der Waals surface area contributed by atoms with Crippen molar-refractivity contribution in [2.24, 2.45) is 0 Å². The molecule has 19 heavy (non-hydrogen) atoms. The van der Waals surface area contributed by atoms with Crippen LogP contribution in [0, 0.1) is 0 Å². The molecule has 0 amide bonds. The van der Waals surface area contributed by atoms with E-state index in [1.807, 2.05) is 6.07 Å². The van der Waals surface area contributed by atoms with Crippen LogP contribution >= 0.6 is 0 Å². The van der Waals surface area contributed by atoms with Crippen molar-refractivity contribution in [3.63, 3.8) is 0 Å². The SMILES string of the molecule is Oc1cccc(CCCc2ccc3c(c2)CC3)c1O. The van der Waals surface area contributed by atoms with Gasteiger partial charge in [-0.25, -0.2) is 0 Å². The molecule has 2 nitrogen and oxygen atoms in total. The normalized spacial score (nSPS) is 12.8. The molecule has 0 heterocycles. The number of phenols is 2. The number of phenolic OH excluding ortho intramolecular Hbond substituents is 2. The molecule has 0 fully saturated rings. The molecule has 0 atom stereocenters. The van der Waals surface area contributed by atoms with Gasteiger partial charge in [-0.2, -0.15) is 0 Å². The molecule has 1 aliphatic rings. The van der Waals surface area contributed by atoms with E-state index in [1.54, 1.807) is 6.07 Å². The first-order chi connectivity index (χ1) is 9.24. The summed E-state index contributed by atoms with van der Waals surface area (Å²) in [6.45, 7) is 0. The molecule has 0 saturated carbocycles. The van der Waals surface area contributed by atoms with Gasteiger partial charge in [0.1, 0.15) is 0 Å². The number of aromatic hydroxyl groups is 2. The van der Waals surface area contributed by atoms with E-state index in [2.05, 4.69) is 18.2 Å². The van der Waals surface area contributed by atoms with Crippen molar-refractivity contribution in [1.82, 2.24) is 0 Å². The third-order valence-corrected chi connectivity index (χ3v) is 3.94. The molecule has 0 aliphatic heterocycles. The van der Waals surface area contributed by atoms with Crippen LogP contribution in [0.1, 0.15) is 28.7 Å². The summed E-state index contributed by atoms with van der Waals surface area (Å²) >= 11 is 0. The lowest BCUT2D eigenvalue weighted by Crippen LogP contribution is -2.08. The smallest absolute Gasteiger partial charge is 0.160 e. The molecule has 0 unspecified atom stereocenters. The molecule has 2 aromatic carbocycles. The molecule has 98 valence electrons. The van der Waals surface area contributed by atoms with Gasteiger partial charge < -0.3 is 10.2 Å². The summed E-state index contributed by atoms with van der Waals surface area (Å²) in [6, 6.07) is 11.9. The maximum absolute atomic E-state index is 9.73. The summed E-state index contributed by atoms with van der Waals surface area (Å²) in [7, 11) is 0. The Morgan fingerprint density at radius 2 is 1.74 bits per heavy atom. The fourth-order valence-corrected chi connectivity index (χ4v) is 2.67. The van der Waals surface area contributed by atoms with Crippen LogP contribution in [0.25, 0.3) is 0 Å². The number of para-hydroxylation sites is 1. The monoisotopic (exact) mass is 254 g/mol. The quantitative estimate of drug-likeness (QED) is 0.821. The van der Waals surface area contributed by atoms with Gasteiger partial charge >= 0.3 is 0 Å². The van der Waals surface area contributed by atoms with Gasteiger partial charge in [0, 0.05) is 0 Å². The summed E-state index contributed by atoms with van der Waals surface area (Å²) in [5.74, 6) is -0.00167. The summed E-state index contributed by atoms with van der Waals surface area (Å²) in [5, 5.41) is 19.2. The van der Waals surface area contributed by atoms with Crippen molar-refractivity contribution in [3.8, 4) is 11.5 Å². The van der Waals surface area contributed by atoms with Gasteiger partial charge in [-0.3, -0.25) is 0 Å². The molecule has 2 heteroatoms. The van der Waals surface area contributed by atoms with Gasteiger partial charge in [0.15, 0.2) is 11.5 Å². The van der Waals surface area contributed by atoms with Crippen LogP contribution in [0.2, 0.25) is 0 Å². The topological polar surface area (TPSA) is 40.5 Å². The first kappa shape index (κ1) is 12.1. The van der Waals surface area contributed by atoms with Gasteiger partial charge in [0.05, 0.1) is 0 Å². The van der Waals surface area contributed by atoms with Crippen LogP contribution in [0.5, 0.6) is 11.5 Å². The summed E-state index contributed by atoms with van der Waals surface area (Å²) in [4.78, 5) is 0. The third-order valence-electron chi connectivity index (χ3n) is 3.94. The predicted octanol–water partition coefficient (Wildman–Crippen LogP) is 3.37. The lowest BCUT2D eigenvalue weighted by atomic mass is 9.86. The predicted molar refractivity (Wildman–Crippen MR) is 75.6 cm³/mol. The Morgan fingerprint density at radius 3 is 2.47 bits per heavy atom. The Kier molecular flexibility index (Phi) is 3.16. The molecule has 0 bridgehead atoms. The average molecular weight is 254 g/mol. The van der Waals surface area contributed by atoms with Crippen LogP contribution in [-0.2, 0) is 25.7 Å². The van der Waals surface area contributed by atoms with E-state index >= 15 is 0 Å². The van der Waals surface area contributed by atoms with Crippen molar-refractivity contribution < 1.29 is 10.2 Å². The van der Waals surface area contributed by atoms with Crippen molar-refractivity contribution in [2.75, 3.05) is 0 Å². The maximum atomic E-state index is 9.73. The lowest BCUT2D eigenvalue weighted by molar-refractivity contribution is 0.399. The standard InChI is InChI=1S/C17H18O2/c18-16-6-2-5-14(17(16)19)4-1-3-12-7-8-13-9-10-15(13)11-12/h2,5-8,11,18-19H,1,3-4,9-10H2. The molecule has 2 N–H and O–H groups in total. The van der Waals surface area contributed by atoms with Crippen molar-refractivity contribution in [2.45, 2.75) is 32.1 Å². The number of hydrogen-bond acceptors (Lipinski definition) is 2. The van der Waals surface area contributed by atoms with E-state index in [1.165, 1.54) is 35.6 Å². The highest BCUT2D eigenvalue weighted by Crippen LogP contribution is 2.29. The number of benzene rings is 2. The zero-order valence-electron chi connectivity index (χ0n) is 10.9. The average Bonchev–Trinajstić information content (AvgIpc) is 2.37. The zero-order valence-corrected chi connectivity index (χ0v) is 10.9. The van der Waals surface area contributed by atoms with Gasteiger partial charge in [-0.1, -0.05) is 30.3 Å². The maximum Gasteiger partial charge on any atom is 0.160 e. The van der Waals surface area contributed by atoms with E-state index in [9.17, 15) is 10.2 Å². The largest absolute Gasteiger partial charge is 0.504 e. The Balaban J connectivity index is 1.60. The molecule has 2 aromatic rings. The van der Waals surface area contributed by atoms with Crippen LogP contribution < -0.4 is 0 Å². The van der Waals surface area contributed by atoms with Crippen LogP contribution in [-0.4, -0.2) is 10.2 Å². The van der Waals surface area contributed by atoms with Gasteiger partial charge in [0.25, 0.3) is 0 Å². The van der Waals surface area contributed by atoms with E-state index in [0.29, 0.717) is 0 Å². The van der Waals surface area contributed by atoms with Gasteiger partial charge in [-0.15, -0.1) is 0 Å². The number of aryl methyl sites for hydroxylation is 4. The van der Waals surface area contributed by atoms with Crippen molar-refractivity contribution in [1.29, 1.82) is 0 Å². The Morgan fingerprint density at radius 1 is 0.895 bits per heavy atom. The fraction of sp³-hybridized carbons (Fsp3) is 0.294. The fourth-order valence-electron chi connectivity index (χ4n) is 2.67. The second-order valence-electron chi connectivity index (χ2n) is 5.24. The highest BCUT2D eigenvalue weighted by molar-refractivity contribution is 5.44. The lowest BCUT2D eigenvalue weighted by Gasteiger charge is -2.19. The van der Waals surface area contributed by atoms with E-state index < -0.39 is 0 Å². The third kappa shape index (κ3) is 2.43. The molecule has 1 aliphatic carbocycles. The van der Waals surface area contributed by atoms with Gasteiger partial charge in [0.2, 0.25) is 0 Å². The van der Waals surface area contributed by atoms with Crippen LogP contribution in [0.4, 0.5) is 0 Å². The zero-order chi connectivity index (χ0) is 13.2. The van der Waals surface area contributed by atoms with Gasteiger partial charge in [-0.05, 0) is 60.4 Å². The van der Waals surface area contributed by atoms with E-state index in [-0.39, 0.29) is 11.5 Å². The molecule has 0 aromatic heterocycles. The molecule has 0 radical (unpaired) electrons. The van der Waals surface area contributed by atoms with E-state index in [0.717, 1.165) is 24.8 Å². The highest BCUT2D eigenvalue weighted by atomic mass is 16.3. The van der Waals surface area contributed by atoms with E-state index in [4.69, 9.17) is 0 Å². The summed E-state index contributed by atoms with van der Waals surface area (Å²) in [6.07, 6.45) is 5.23. The van der Waals surface area contributed by atoms with Crippen LogP contribution in [0.15, 0.2) is 36.4 Å². The minimum atomic E-state index is -0.0291. The summed E-state index contributed by atoms with van der Waals surface area (Å²) < 4.78 is 0. The minimum absolute atomic E-state index is 0.0275. The highest BCUT2D eigenvalue weighted by Gasteiger charge is 2.12. The Bertz CT molecular complexity index is 602. The molecule has 3 rings (SSSR count). The summed E-state index contributed by atoms with van der Waals surface area (Å²) in [5.41, 5.74) is 5.19. The van der Waals surface area contributed by atoms with Crippen molar-refractivity contribution >= 4 is 0 Å². The van der Waals surface area contributed by atoms with Crippen molar-refractivity contribution in [3.05, 3.63) is 58.7 Å².